The monoisotopic (exact) mass is 338 g/mol. The van der Waals surface area contributed by atoms with Crippen molar-refractivity contribution in [2.24, 2.45) is 0 Å². The second-order valence-corrected chi connectivity index (χ2v) is 5.97. The number of benzene rings is 2. The molecular weight excluding hydrogens is 316 g/mol. The Morgan fingerprint density at radius 1 is 1.04 bits per heavy atom. The Balaban J connectivity index is 1.70. The average molecular weight is 338 g/mol. The Labute approximate surface area is 146 Å². The van der Waals surface area contributed by atoms with Crippen LogP contribution in [0.5, 0.6) is 5.75 Å². The molecule has 0 aliphatic heterocycles. The second kappa shape index (κ2) is 7.85. The van der Waals surface area contributed by atoms with Gasteiger partial charge in [-0.25, -0.2) is 4.79 Å². The van der Waals surface area contributed by atoms with E-state index in [1.807, 2.05) is 61.5 Å². The summed E-state index contributed by atoms with van der Waals surface area (Å²) in [6, 6.07) is 17.2. The third-order valence-corrected chi connectivity index (χ3v) is 4.06. The predicted molar refractivity (Wildman–Crippen MR) is 96.7 cm³/mol. The summed E-state index contributed by atoms with van der Waals surface area (Å²) in [5.74, 6) is 0.733. The van der Waals surface area contributed by atoms with Crippen molar-refractivity contribution in [1.29, 1.82) is 0 Å². The van der Waals surface area contributed by atoms with E-state index >= 15 is 0 Å². The Bertz CT molecular complexity index is 851. The maximum Gasteiger partial charge on any atom is 0.323 e. The van der Waals surface area contributed by atoms with Crippen molar-refractivity contribution in [2.75, 3.05) is 0 Å². The number of aromatic nitrogens is 2. The molecule has 130 valence electrons. The van der Waals surface area contributed by atoms with Crippen LogP contribution < -0.4 is 10.4 Å². The van der Waals surface area contributed by atoms with Crippen molar-refractivity contribution in [1.82, 2.24) is 9.97 Å². The van der Waals surface area contributed by atoms with Crippen LogP contribution in [0.4, 0.5) is 0 Å². The van der Waals surface area contributed by atoms with E-state index in [-0.39, 0.29) is 5.69 Å². The molecule has 0 radical (unpaired) electrons. The highest BCUT2D eigenvalue weighted by molar-refractivity contribution is 5.33. The molecule has 0 amide bonds. The van der Waals surface area contributed by atoms with Gasteiger partial charge in [-0.05, 0) is 29.7 Å². The summed E-state index contributed by atoms with van der Waals surface area (Å²) in [4.78, 5) is 17.0. The number of H-pyrrole nitrogens is 2. The zero-order valence-electron chi connectivity index (χ0n) is 14.2. The van der Waals surface area contributed by atoms with Gasteiger partial charge in [-0.3, -0.25) is 0 Å². The lowest BCUT2D eigenvalue weighted by atomic mass is 10.0. The first-order valence-corrected chi connectivity index (χ1v) is 8.43. The highest BCUT2D eigenvalue weighted by Crippen LogP contribution is 2.24. The van der Waals surface area contributed by atoms with Crippen molar-refractivity contribution >= 4 is 0 Å². The number of aliphatic hydroxyl groups is 1. The van der Waals surface area contributed by atoms with E-state index in [2.05, 4.69) is 9.97 Å². The Morgan fingerprint density at radius 2 is 1.76 bits per heavy atom. The summed E-state index contributed by atoms with van der Waals surface area (Å²) in [7, 11) is 0. The summed E-state index contributed by atoms with van der Waals surface area (Å²) < 4.78 is 5.75. The molecule has 0 bridgehead atoms. The van der Waals surface area contributed by atoms with Gasteiger partial charge in [0.1, 0.15) is 18.5 Å². The Kier molecular flexibility index (Phi) is 5.36. The molecule has 1 unspecified atom stereocenters. The zero-order valence-corrected chi connectivity index (χ0v) is 14.2. The maximum atomic E-state index is 11.6. The molecule has 5 heteroatoms. The van der Waals surface area contributed by atoms with Gasteiger partial charge in [-0.2, -0.15) is 0 Å². The first-order valence-electron chi connectivity index (χ1n) is 8.43. The van der Waals surface area contributed by atoms with Crippen molar-refractivity contribution < 1.29 is 9.84 Å². The number of aliphatic hydroxyl groups excluding tert-OH is 1. The number of hydrogen-bond acceptors (Lipinski definition) is 3. The smallest absolute Gasteiger partial charge is 0.323 e. The summed E-state index contributed by atoms with van der Waals surface area (Å²) >= 11 is 0. The van der Waals surface area contributed by atoms with Crippen LogP contribution in [0.2, 0.25) is 0 Å². The van der Waals surface area contributed by atoms with E-state index < -0.39 is 6.10 Å². The predicted octanol–water partition coefficient (Wildman–Crippen LogP) is 3.32. The molecule has 1 heterocycles. The molecule has 0 spiro atoms. The molecular formula is C20H22N2O3. The van der Waals surface area contributed by atoms with E-state index in [0.29, 0.717) is 24.3 Å². The molecule has 0 fully saturated rings. The van der Waals surface area contributed by atoms with E-state index in [9.17, 15) is 9.90 Å². The second-order valence-electron chi connectivity index (χ2n) is 5.97. The lowest BCUT2D eigenvalue weighted by molar-refractivity contribution is 0.214. The third kappa shape index (κ3) is 4.19. The highest BCUT2D eigenvalue weighted by atomic mass is 16.5. The lowest BCUT2D eigenvalue weighted by Gasteiger charge is -2.12. The van der Waals surface area contributed by atoms with E-state index in [1.54, 1.807) is 0 Å². The molecule has 1 atom stereocenters. The van der Waals surface area contributed by atoms with Crippen LogP contribution in [-0.4, -0.2) is 15.1 Å². The molecule has 0 saturated carbocycles. The standard InChI is InChI=1S/C20H22N2O3/c1-2-6-17-18(22-20(24)21-17)19(23)15-9-11-16(12-10-15)25-13-14-7-4-3-5-8-14/h3-5,7-12,19,23H,2,6,13H2,1H3,(H2,21,22,24). The highest BCUT2D eigenvalue weighted by Gasteiger charge is 2.17. The molecule has 0 aliphatic carbocycles. The summed E-state index contributed by atoms with van der Waals surface area (Å²) in [6.07, 6.45) is 0.729. The maximum absolute atomic E-state index is 11.6. The van der Waals surface area contributed by atoms with E-state index in [4.69, 9.17) is 4.74 Å². The molecule has 5 nitrogen and oxygen atoms in total. The van der Waals surface area contributed by atoms with Gasteiger partial charge < -0.3 is 19.8 Å². The fourth-order valence-corrected chi connectivity index (χ4v) is 2.77. The average Bonchev–Trinajstić information content (AvgIpc) is 3.01. The van der Waals surface area contributed by atoms with Crippen LogP contribution >= 0.6 is 0 Å². The van der Waals surface area contributed by atoms with Crippen LogP contribution in [0.1, 0.15) is 42.0 Å². The molecule has 25 heavy (non-hydrogen) atoms. The van der Waals surface area contributed by atoms with Gasteiger partial charge in [0.2, 0.25) is 0 Å². The largest absolute Gasteiger partial charge is 0.489 e. The molecule has 3 aromatic rings. The van der Waals surface area contributed by atoms with Gasteiger partial charge in [-0.1, -0.05) is 55.8 Å². The van der Waals surface area contributed by atoms with Gasteiger partial charge in [-0.15, -0.1) is 0 Å². The number of aryl methyl sites for hydroxylation is 1. The summed E-state index contributed by atoms with van der Waals surface area (Å²) in [6.45, 7) is 2.52. The quantitative estimate of drug-likeness (QED) is 0.618. The summed E-state index contributed by atoms with van der Waals surface area (Å²) in [5.41, 5.74) is 2.80. The minimum absolute atomic E-state index is 0.291. The van der Waals surface area contributed by atoms with Gasteiger partial charge in [0.15, 0.2) is 0 Å². The van der Waals surface area contributed by atoms with Gasteiger partial charge in [0.25, 0.3) is 0 Å². The lowest BCUT2D eigenvalue weighted by Crippen LogP contribution is -2.05. The first-order chi connectivity index (χ1) is 12.2. The van der Waals surface area contributed by atoms with Crippen LogP contribution in [0.3, 0.4) is 0 Å². The number of rotatable bonds is 7. The van der Waals surface area contributed by atoms with Crippen molar-refractivity contribution in [3.05, 3.63) is 87.6 Å². The summed E-state index contributed by atoms with van der Waals surface area (Å²) in [5, 5.41) is 10.6. The molecule has 3 rings (SSSR count). The number of hydrogen-bond donors (Lipinski definition) is 3. The van der Waals surface area contributed by atoms with Gasteiger partial charge in [0.05, 0.1) is 5.69 Å². The van der Waals surface area contributed by atoms with Crippen LogP contribution in [-0.2, 0) is 13.0 Å². The molecule has 0 aliphatic rings. The Hall–Kier alpha value is -2.79. The minimum atomic E-state index is -0.872. The van der Waals surface area contributed by atoms with Crippen LogP contribution in [0.15, 0.2) is 59.4 Å². The number of ether oxygens (including phenoxy) is 1. The van der Waals surface area contributed by atoms with E-state index in [0.717, 1.165) is 23.4 Å². The zero-order chi connectivity index (χ0) is 17.6. The number of imidazole rings is 1. The van der Waals surface area contributed by atoms with Crippen LogP contribution in [0, 0.1) is 0 Å². The fraction of sp³-hybridized carbons (Fsp3) is 0.250. The number of nitrogens with one attached hydrogen (secondary N) is 2. The van der Waals surface area contributed by atoms with Gasteiger partial charge >= 0.3 is 5.69 Å². The number of aromatic amines is 2. The van der Waals surface area contributed by atoms with Crippen molar-refractivity contribution in [3.8, 4) is 5.75 Å². The normalized spacial score (nSPS) is 12.1. The third-order valence-electron chi connectivity index (χ3n) is 4.06. The van der Waals surface area contributed by atoms with Crippen LogP contribution in [0.25, 0.3) is 0 Å². The molecule has 0 saturated heterocycles. The first kappa shape index (κ1) is 17.0. The minimum Gasteiger partial charge on any atom is -0.489 e. The van der Waals surface area contributed by atoms with Crippen molar-refractivity contribution in [2.45, 2.75) is 32.5 Å². The van der Waals surface area contributed by atoms with E-state index in [1.165, 1.54) is 0 Å². The van der Waals surface area contributed by atoms with Crippen molar-refractivity contribution in [3.63, 3.8) is 0 Å². The molecule has 2 aromatic carbocycles. The topological polar surface area (TPSA) is 78.1 Å². The van der Waals surface area contributed by atoms with Gasteiger partial charge in [0, 0.05) is 5.69 Å². The fourth-order valence-electron chi connectivity index (χ4n) is 2.77. The SMILES string of the molecule is CCCc1[nH]c(=O)[nH]c1C(O)c1ccc(OCc2ccccc2)cc1. The Morgan fingerprint density at radius 3 is 2.44 bits per heavy atom. The molecule has 1 aromatic heterocycles. The molecule has 3 N–H and O–H groups in total.